The average molecular weight is 305 g/mol. The van der Waals surface area contributed by atoms with Crippen LogP contribution >= 0.6 is 11.3 Å². The van der Waals surface area contributed by atoms with Gasteiger partial charge in [0.25, 0.3) is 5.91 Å². The highest BCUT2D eigenvalue weighted by Crippen LogP contribution is 2.19. The van der Waals surface area contributed by atoms with E-state index in [1.807, 2.05) is 30.5 Å². The van der Waals surface area contributed by atoms with E-state index in [9.17, 15) is 4.79 Å². The van der Waals surface area contributed by atoms with Crippen LogP contribution in [0.15, 0.2) is 35.8 Å². The molecule has 0 saturated carbocycles. The van der Waals surface area contributed by atoms with Gasteiger partial charge in [-0.2, -0.15) is 0 Å². The van der Waals surface area contributed by atoms with Gasteiger partial charge in [-0.05, 0) is 31.5 Å². The molecular formula is C15H19N3O2S. The van der Waals surface area contributed by atoms with Crippen molar-refractivity contribution in [1.29, 1.82) is 0 Å². The minimum atomic E-state index is -0.0747. The number of carbonyl (C=O) groups is 1. The number of carbonyl (C=O) groups excluding carboxylic acids is 1. The maximum absolute atomic E-state index is 12.0. The van der Waals surface area contributed by atoms with E-state index in [2.05, 4.69) is 15.6 Å². The fraction of sp³-hybridized carbons (Fsp3) is 0.333. The van der Waals surface area contributed by atoms with Crippen LogP contribution in [-0.2, 0) is 4.74 Å². The Balaban J connectivity index is 1.86. The maximum Gasteiger partial charge on any atom is 0.251 e. The topological polar surface area (TPSA) is 63.2 Å². The molecule has 21 heavy (non-hydrogen) atoms. The molecule has 0 spiro atoms. The van der Waals surface area contributed by atoms with E-state index in [0.29, 0.717) is 25.3 Å². The van der Waals surface area contributed by atoms with Crippen LogP contribution in [-0.4, -0.2) is 30.6 Å². The molecule has 0 fully saturated rings. The largest absolute Gasteiger partial charge is 0.382 e. The lowest BCUT2D eigenvalue weighted by Crippen LogP contribution is -2.25. The average Bonchev–Trinajstić information content (AvgIpc) is 3.00. The third-order valence-electron chi connectivity index (χ3n) is 2.76. The Hall–Kier alpha value is -1.92. The molecule has 1 heterocycles. The fourth-order valence-electron chi connectivity index (χ4n) is 1.77. The van der Waals surface area contributed by atoms with E-state index < -0.39 is 0 Å². The lowest BCUT2D eigenvalue weighted by molar-refractivity contribution is 0.0944. The van der Waals surface area contributed by atoms with Crippen LogP contribution in [0.5, 0.6) is 0 Å². The first kappa shape index (κ1) is 15.5. The van der Waals surface area contributed by atoms with Crippen molar-refractivity contribution in [1.82, 2.24) is 10.3 Å². The molecule has 112 valence electrons. The number of hydrogen-bond donors (Lipinski definition) is 2. The Bertz CT molecular complexity index is 558. The minimum Gasteiger partial charge on any atom is -0.382 e. The van der Waals surface area contributed by atoms with Crippen molar-refractivity contribution < 1.29 is 9.53 Å². The molecule has 6 heteroatoms. The van der Waals surface area contributed by atoms with Gasteiger partial charge in [0, 0.05) is 42.6 Å². The SMILES string of the molecule is CCOCCCNC(=O)c1cccc(Nc2nccs2)c1. The Morgan fingerprint density at radius 1 is 1.43 bits per heavy atom. The van der Waals surface area contributed by atoms with Gasteiger partial charge in [-0.1, -0.05) is 6.07 Å². The number of hydrogen-bond acceptors (Lipinski definition) is 5. The van der Waals surface area contributed by atoms with Gasteiger partial charge >= 0.3 is 0 Å². The molecule has 0 atom stereocenters. The Kier molecular flexibility index (Phi) is 6.18. The van der Waals surface area contributed by atoms with E-state index in [-0.39, 0.29) is 5.91 Å². The van der Waals surface area contributed by atoms with Gasteiger partial charge in [0.2, 0.25) is 0 Å². The van der Waals surface area contributed by atoms with E-state index >= 15 is 0 Å². The van der Waals surface area contributed by atoms with Crippen LogP contribution in [0.3, 0.4) is 0 Å². The molecule has 0 unspecified atom stereocenters. The number of amides is 1. The van der Waals surface area contributed by atoms with Gasteiger partial charge in [-0.15, -0.1) is 11.3 Å². The smallest absolute Gasteiger partial charge is 0.251 e. The second-order valence-electron chi connectivity index (χ2n) is 4.35. The van der Waals surface area contributed by atoms with Crippen molar-refractivity contribution in [2.45, 2.75) is 13.3 Å². The highest BCUT2D eigenvalue weighted by Gasteiger charge is 2.06. The van der Waals surface area contributed by atoms with Gasteiger partial charge in [0.1, 0.15) is 0 Å². The highest BCUT2D eigenvalue weighted by atomic mass is 32.1. The molecule has 0 bridgehead atoms. The quantitative estimate of drug-likeness (QED) is 0.736. The summed E-state index contributed by atoms with van der Waals surface area (Å²) in [5, 5.41) is 8.76. The number of aromatic nitrogens is 1. The molecule has 2 rings (SSSR count). The Morgan fingerprint density at radius 2 is 2.33 bits per heavy atom. The lowest BCUT2D eigenvalue weighted by atomic mass is 10.2. The van der Waals surface area contributed by atoms with E-state index in [1.54, 1.807) is 12.3 Å². The summed E-state index contributed by atoms with van der Waals surface area (Å²) < 4.78 is 5.23. The predicted octanol–water partition coefficient (Wildman–Crippen LogP) is 3.04. The van der Waals surface area contributed by atoms with E-state index in [4.69, 9.17) is 4.74 Å². The first-order valence-corrected chi connectivity index (χ1v) is 7.80. The number of thiazole rings is 1. The van der Waals surface area contributed by atoms with E-state index in [1.165, 1.54) is 11.3 Å². The molecule has 0 radical (unpaired) electrons. The summed E-state index contributed by atoms with van der Waals surface area (Å²) in [4.78, 5) is 16.2. The van der Waals surface area contributed by atoms with Crippen molar-refractivity contribution in [3.63, 3.8) is 0 Å². The molecule has 2 N–H and O–H groups in total. The molecule has 0 aliphatic heterocycles. The number of nitrogens with one attached hydrogen (secondary N) is 2. The van der Waals surface area contributed by atoms with Crippen LogP contribution in [0.4, 0.5) is 10.8 Å². The number of benzene rings is 1. The van der Waals surface area contributed by atoms with Crippen LogP contribution in [0, 0.1) is 0 Å². The summed E-state index contributed by atoms with van der Waals surface area (Å²) in [5.41, 5.74) is 1.49. The van der Waals surface area contributed by atoms with Crippen LogP contribution in [0.2, 0.25) is 0 Å². The fourth-order valence-corrected chi connectivity index (χ4v) is 2.32. The molecule has 0 saturated heterocycles. The molecule has 1 aromatic carbocycles. The normalized spacial score (nSPS) is 10.3. The van der Waals surface area contributed by atoms with Crippen molar-refractivity contribution in [3.8, 4) is 0 Å². The van der Waals surface area contributed by atoms with Gasteiger partial charge in [-0.3, -0.25) is 4.79 Å². The Labute approximate surface area is 128 Å². The molecule has 0 aliphatic carbocycles. The van der Waals surface area contributed by atoms with Crippen molar-refractivity contribution in [2.24, 2.45) is 0 Å². The second-order valence-corrected chi connectivity index (χ2v) is 5.24. The summed E-state index contributed by atoms with van der Waals surface area (Å²) in [7, 11) is 0. The van der Waals surface area contributed by atoms with Crippen molar-refractivity contribution >= 4 is 28.1 Å². The van der Waals surface area contributed by atoms with Gasteiger partial charge in [-0.25, -0.2) is 4.98 Å². The molecule has 5 nitrogen and oxygen atoms in total. The highest BCUT2D eigenvalue weighted by molar-refractivity contribution is 7.13. The number of ether oxygens (including phenoxy) is 1. The Morgan fingerprint density at radius 3 is 3.10 bits per heavy atom. The van der Waals surface area contributed by atoms with Crippen molar-refractivity contribution in [3.05, 3.63) is 41.4 Å². The predicted molar refractivity (Wildman–Crippen MR) is 85.3 cm³/mol. The zero-order valence-electron chi connectivity index (χ0n) is 12.0. The van der Waals surface area contributed by atoms with Gasteiger partial charge in [0.05, 0.1) is 0 Å². The van der Waals surface area contributed by atoms with Crippen LogP contribution < -0.4 is 10.6 Å². The lowest BCUT2D eigenvalue weighted by Gasteiger charge is -2.07. The molecular weight excluding hydrogens is 286 g/mol. The first-order chi connectivity index (χ1) is 10.3. The van der Waals surface area contributed by atoms with Gasteiger partial charge in [0.15, 0.2) is 5.13 Å². The first-order valence-electron chi connectivity index (χ1n) is 6.92. The number of rotatable bonds is 8. The number of anilines is 2. The molecule has 2 aromatic rings. The third-order valence-corrected chi connectivity index (χ3v) is 3.45. The zero-order valence-corrected chi connectivity index (χ0v) is 12.8. The monoisotopic (exact) mass is 305 g/mol. The number of nitrogens with zero attached hydrogens (tertiary/aromatic N) is 1. The van der Waals surface area contributed by atoms with Crippen LogP contribution in [0.1, 0.15) is 23.7 Å². The summed E-state index contributed by atoms with van der Waals surface area (Å²) in [6.07, 6.45) is 2.55. The second kappa shape index (κ2) is 8.39. The maximum atomic E-state index is 12.0. The van der Waals surface area contributed by atoms with E-state index in [0.717, 1.165) is 17.2 Å². The molecule has 1 aromatic heterocycles. The standard InChI is InChI=1S/C15H19N3O2S/c1-2-20-9-4-7-16-14(19)12-5-3-6-13(11-12)18-15-17-8-10-21-15/h3,5-6,8,10-11H,2,4,7,9H2,1H3,(H,16,19)(H,17,18). The molecule has 1 amide bonds. The summed E-state index contributed by atoms with van der Waals surface area (Å²) in [5.74, 6) is -0.0747. The van der Waals surface area contributed by atoms with Gasteiger partial charge < -0.3 is 15.4 Å². The van der Waals surface area contributed by atoms with Crippen LogP contribution in [0.25, 0.3) is 0 Å². The molecule has 0 aliphatic rings. The summed E-state index contributed by atoms with van der Waals surface area (Å²) >= 11 is 1.52. The third kappa shape index (κ3) is 5.17. The summed E-state index contributed by atoms with van der Waals surface area (Å²) in [6.45, 7) is 3.95. The van der Waals surface area contributed by atoms with Crippen molar-refractivity contribution in [2.75, 3.05) is 25.1 Å². The summed E-state index contributed by atoms with van der Waals surface area (Å²) in [6, 6.07) is 7.38. The minimum absolute atomic E-state index is 0.0747. The zero-order chi connectivity index (χ0) is 14.9.